The Kier molecular flexibility index (Phi) is 7.11. The monoisotopic (exact) mass is 476 g/mol. The molecule has 1 atom stereocenters. The largest absolute Gasteiger partial charge is 0.508 e. The van der Waals surface area contributed by atoms with E-state index < -0.39 is 11.9 Å². The van der Waals surface area contributed by atoms with Gasteiger partial charge in [0, 0.05) is 29.6 Å². The van der Waals surface area contributed by atoms with Crippen molar-refractivity contribution in [2.45, 2.75) is 26.7 Å². The van der Waals surface area contributed by atoms with E-state index in [2.05, 4.69) is 5.32 Å². The van der Waals surface area contributed by atoms with Gasteiger partial charge in [-0.25, -0.2) is 0 Å². The molecule has 0 aliphatic rings. The summed E-state index contributed by atoms with van der Waals surface area (Å²) in [6.45, 7) is 3.31. The van der Waals surface area contributed by atoms with Crippen molar-refractivity contribution in [1.29, 1.82) is 0 Å². The highest BCUT2D eigenvalue weighted by atomic mass is 35.5. The first-order chi connectivity index (χ1) is 15.1. The van der Waals surface area contributed by atoms with Crippen molar-refractivity contribution in [3.05, 3.63) is 63.3 Å². The quantitative estimate of drug-likeness (QED) is 0.467. The fourth-order valence-electron chi connectivity index (χ4n) is 3.49. The Morgan fingerprint density at radius 1 is 1.09 bits per heavy atom. The second-order valence-corrected chi connectivity index (χ2v) is 8.39. The van der Waals surface area contributed by atoms with Gasteiger partial charge in [-0.15, -0.1) is 0 Å². The number of fused-ring (bicyclic) bond motifs is 1. The van der Waals surface area contributed by atoms with Crippen molar-refractivity contribution < 1.29 is 24.6 Å². The van der Waals surface area contributed by atoms with E-state index in [1.165, 1.54) is 23.6 Å². The summed E-state index contributed by atoms with van der Waals surface area (Å²) in [4.78, 5) is 36.4. The maximum Gasteiger partial charge on any atom is 0.308 e. The molecule has 3 N–H and O–H groups in total. The fourth-order valence-corrected chi connectivity index (χ4v) is 3.79. The average molecular weight is 477 g/mol. The smallest absolute Gasteiger partial charge is 0.308 e. The van der Waals surface area contributed by atoms with E-state index in [0.29, 0.717) is 33.6 Å². The molecule has 0 bridgehead atoms. The number of hydrogen-bond acceptors (Lipinski definition) is 4. The number of aliphatic carboxylic acids is 1. The Balaban J connectivity index is 1.92. The summed E-state index contributed by atoms with van der Waals surface area (Å²) in [6, 6.07) is 9.32. The zero-order chi connectivity index (χ0) is 23.6. The molecule has 1 amide bonds. The number of carboxylic acids is 1. The Morgan fingerprint density at radius 2 is 1.81 bits per heavy atom. The van der Waals surface area contributed by atoms with Crippen LogP contribution in [0.15, 0.2) is 36.4 Å². The van der Waals surface area contributed by atoms with E-state index in [9.17, 15) is 19.5 Å². The van der Waals surface area contributed by atoms with Gasteiger partial charge in [0.15, 0.2) is 0 Å². The molecular formula is C23H22Cl2N2O5. The van der Waals surface area contributed by atoms with Crippen molar-refractivity contribution in [3.8, 4) is 5.75 Å². The van der Waals surface area contributed by atoms with Gasteiger partial charge in [0.1, 0.15) is 5.75 Å². The second-order valence-electron chi connectivity index (χ2n) is 7.58. The van der Waals surface area contributed by atoms with Crippen LogP contribution in [0.3, 0.4) is 0 Å². The van der Waals surface area contributed by atoms with Gasteiger partial charge in [-0.1, -0.05) is 30.1 Å². The van der Waals surface area contributed by atoms with Crippen LogP contribution < -0.4 is 5.32 Å². The topological polar surface area (TPSA) is 109 Å². The summed E-state index contributed by atoms with van der Waals surface area (Å²) < 4.78 is 1.52. The lowest BCUT2D eigenvalue weighted by atomic mass is 10.1. The van der Waals surface area contributed by atoms with Gasteiger partial charge in [-0.05, 0) is 55.3 Å². The van der Waals surface area contributed by atoms with Gasteiger partial charge in [-0.2, -0.15) is 0 Å². The van der Waals surface area contributed by atoms with Crippen LogP contribution >= 0.6 is 23.2 Å². The normalized spacial score (nSPS) is 12.0. The Hall–Kier alpha value is -3.03. The highest BCUT2D eigenvalue weighted by Gasteiger charge is 2.21. The molecule has 9 heteroatoms. The molecule has 2 aromatic carbocycles. The molecule has 168 valence electrons. The number of nitrogens with zero attached hydrogens (tertiary/aromatic N) is 1. The van der Waals surface area contributed by atoms with Crippen molar-refractivity contribution in [2.75, 3.05) is 6.54 Å². The van der Waals surface area contributed by atoms with Gasteiger partial charge >= 0.3 is 5.97 Å². The lowest BCUT2D eigenvalue weighted by Crippen LogP contribution is -2.31. The zero-order valence-electron chi connectivity index (χ0n) is 17.5. The summed E-state index contributed by atoms with van der Waals surface area (Å²) in [7, 11) is 0. The number of hydrogen-bond donors (Lipinski definition) is 3. The highest BCUT2D eigenvalue weighted by molar-refractivity contribution is 6.42. The van der Waals surface area contributed by atoms with Crippen molar-refractivity contribution in [2.24, 2.45) is 5.92 Å². The molecule has 0 radical (unpaired) electrons. The van der Waals surface area contributed by atoms with E-state index in [1.54, 1.807) is 31.2 Å². The van der Waals surface area contributed by atoms with Crippen molar-refractivity contribution in [3.63, 3.8) is 0 Å². The molecular weight excluding hydrogens is 455 g/mol. The number of phenolic OH excluding ortho intramolecular Hbond substituents is 1. The minimum atomic E-state index is -0.986. The molecule has 1 aromatic heterocycles. The third kappa shape index (κ3) is 4.89. The van der Waals surface area contributed by atoms with E-state index in [0.717, 1.165) is 5.56 Å². The van der Waals surface area contributed by atoms with Crippen LogP contribution in [-0.2, 0) is 16.0 Å². The molecule has 0 aliphatic heterocycles. The molecule has 7 nitrogen and oxygen atoms in total. The van der Waals surface area contributed by atoms with Crippen LogP contribution in [0.5, 0.6) is 5.75 Å². The zero-order valence-corrected chi connectivity index (χ0v) is 19.0. The van der Waals surface area contributed by atoms with Gasteiger partial charge < -0.3 is 15.5 Å². The molecule has 3 rings (SSSR count). The molecule has 3 aromatic rings. The Bertz CT molecular complexity index is 1220. The van der Waals surface area contributed by atoms with Crippen molar-refractivity contribution in [1.82, 2.24) is 9.88 Å². The summed E-state index contributed by atoms with van der Waals surface area (Å²) in [5.74, 6) is -2.25. The number of carbonyl (C=O) groups is 3. The summed E-state index contributed by atoms with van der Waals surface area (Å²) in [5, 5.41) is 22.8. The van der Waals surface area contributed by atoms with Crippen LogP contribution in [-0.4, -0.2) is 39.1 Å². The number of aryl methyl sites for hydroxylation is 1. The third-order valence-corrected chi connectivity index (χ3v) is 6.06. The molecule has 0 unspecified atom stereocenters. The number of carbonyl (C=O) groups excluding carboxylic acids is 2. The van der Waals surface area contributed by atoms with E-state index in [1.807, 2.05) is 0 Å². The number of carboxylic acid groups (broad SMARTS) is 1. The SMILES string of the molecule is Cc1c(CCC(=O)NC[C@H](C)C(=O)O)c2cc(O)ccc2n1C(=O)c1ccc(Cl)c(Cl)c1. The van der Waals surface area contributed by atoms with E-state index in [4.69, 9.17) is 28.3 Å². The third-order valence-electron chi connectivity index (χ3n) is 5.32. The predicted molar refractivity (Wildman–Crippen MR) is 123 cm³/mol. The maximum absolute atomic E-state index is 13.3. The number of phenols is 1. The highest BCUT2D eigenvalue weighted by Crippen LogP contribution is 2.31. The van der Waals surface area contributed by atoms with Gasteiger partial charge in [-0.3, -0.25) is 19.0 Å². The molecule has 32 heavy (non-hydrogen) atoms. The lowest BCUT2D eigenvalue weighted by molar-refractivity contribution is -0.141. The summed E-state index contributed by atoms with van der Waals surface area (Å²) >= 11 is 12.0. The first kappa shape index (κ1) is 23.6. The van der Waals surface area contributed by atoms with Crippen LogP contribution in [0, 0.1) is 12.8 Å². The van der Waals surface area contributed by atoms with Gasteiger partial charge in [0.05, 0.1) is 21.5 Å². The number of aromatic nitrogens is 1. The van der Waals surface area contributed by atoms with E-state index in [-0.39, 0.29) is 35.6 Å². The first-order valence-corrected chi connectivity index (χ1v) is 10.7. The number of nitrogens with one attached hydrogen (secondary N) is 1. The van der Waals surface area contributed by atoms with Crippen LogP contribution in [0.25, 0.3) is 10.9 Å². The minimum Gasteiger partial charge on any atom is -0.508 e. The van der Waals surface area contributed by atoms with Crippen LogP contribution in [0.2, 0.25) is 10.0 Å². The molecule has 1 heterocycles. The molecule has 0 fully saturated rings. The average Bonchev–Trinajstić information content (AvgIpc) is 3.02. The second kappa shape index (κ2) is 9.63. The number of amides is 1. The summed E-state index contributed by atoms with van der Waals surface area (Å²) in [6.07, 6.45) is 0.406. The van der Waals surface area contributed by atoms with Gasteiger partial charge in [0.2, 0.25) is 5.91 Å². The fraction of sp³-hybridized carbons (Fsp3) is 0.261. The van der Waals surface area contributed by atoms with Crippen LogP contribution in [0.4, 0.5) is 0 Å². The Labute approximate surface area is 194 Å². The predicted octanol–water partition coefficient (Wildman–Crippen LogP) is 4.42. The molecule has 0 spiro atoms. The van der Waals surface area contributed by atoms with Crippen LogP contribution in [0.1, 0.15) is 35.0 Å². The van der Waals surface area contributed by atoms with E-state index >= 15 is 0 Å². The standard InChI is InChI=1S/C23H22Cl2N2O5/c1-12(23(31)32)11-26-21(29)8-5-16-13(2)27(20-7-4-15(28)10-17(16)20)22(30)14-3-6-18(24)19(25)9-14/h3-4,6-7,9-10,12,28H,5,8,11H2,1-2H3,(H,26,29)(H,31,32)/t12-/m0/s1. The molecule has 0 saturated heterocycles. The Morgan fingerprint density at radius 3 is 2.47 bits per heavy atom. The molecule has 0 saturated carbocycles. The summed E-state index contributed by atoms with van der Waals surface area (Å²) in [5.41, 5.74) is 2.31. The minimum absolute atomic E-state index is 0.0332. The first-order valence-electron chi connectivity index (χ1n) is 9.92. The number of halogens is 2. The molecule has 0 aliphatic carbocycles. The van der Waals surface area contributed by atoms with Crippen molar-refractivity contribution >= 4 is 51.9 Å². The number of benzene rings is 2. The van der Waals surface area contributed by atoms with Gasteiger partial charge in [0.25, 0.3) is 5.91 Å². The lowest BCUT2D eigenvalue weighted by Gasteiger charge is -2.09. The maximum atomic E-state index is 13.3. The number of aromatic hydroxyl groups is 1. The number of rotatable bonds is 7.